The van der Waals surface area contributed by atoms with E-state index in [0.717, 1.165) is 45.1 Å². The number of allylic oxidation sites excluding steroid dienone is 8. The first-order valence-electron chi connectivity index (χ1n) is 19.0. The van der Waals surface area contributed by atoms with E-state index in [2.05, 4.69) is 159 Å². The Balaban J connectivity index is 0.00000481. The minimum Gasteiger partial charge on any atom is -1.00 e. The van der Waals surface area contributed by atoms with E-state index in [4.69, 9.17) is 6.42 Å². The molecule has 4 aromatic rings. The predicted octanol–water partition coefficient (Wildman–Crippen LogP) is 7.59. The Bertz CT molecular complexity index is 2260. The van der Waals surface area contributed by atoms with Gasteiger partial charge in [0.15, 0.2) is 5.71 Å². The summed E-state index contributed by atoms with van der Waals surface area (Å²) < 4.78 is 2.38. The molecular weight excluding hydrogens is 670 g/mol. The van der Waals surface area contributed by atoms with Crippen molar-refractivity contribution in [3.8, 4) is 12.3 Å². The van der Waals surface area contributed by atoms with Crippen LogP contribution in [0.5, 0.6) is 0 Å². The van der Waals surface area contributed by atoms with Gasteiger partial charge in [-0.3, -0.25) is 4.79 Å². The molecule has 272 valence electrons. The lowest BCUT2D eigenvalue weighted by atomic mass is 9.79. The first kappa shape index (κ1) is 37.9. The van der Waals surface area contributed by atoms with Crippen molar-refractivity contribution in [1.29, 1.82) is 0 Å². The Morgan fingerprint density at radius 1 is 0.849 bits per heavy atom. The second-order valence-electron chi connectivity index (χ2n) is 15.7. The Labute approximate surface area is 322 Å². The Hall–Kier alpha value is -4.85. The number of amides is 1. The number of fused-ring (bicyclic) bond motifs is 6. The van der Waals surface area contributed by atoms with Crippen molar-refractivity contribution >= 4 is 44.5 Å². The first-order chi connectivity index (χ1) is 25.1. The van der Waals surface area contributed by atoms with E-state index in [9.17, 15) is 4.79 Å². The summed E-state index contributed by atoms with van der Waals surface area (Å²) >= 11 is 0. The van der Waals surface area contributed by atoms with E-state index in [1.807, 2.05) is 0 Å². The standard InChI is InChI=1S/C48H51N3O.ClH/c1-7-31-49-44(52)22-9-8-14-32-51-41-28-26-37-19-11-13-21-39(37)46(41)48(4,5)43(51)30-24-35-17-15-16-34(33-35)23-29-42-47(2,3)45-38-20-12-10-18-36(38)25-27-40(45)50(42)6;/h1,10-13,18-21,23-30,33H,8-9,14-17,22,31-32H2,2-6H3;1H. The lowest BCUT2D eigenvalue weighted by Crippen LogP contribution is -3.00. The summed E-state index contributed by atoms with van der Waals surface area (Å²) in [5.41, 5.74) is 10.6. The Kier molecular flexibility index (Phi) is 11.2. The molecule has 7 rings (SSSR count). The van der Waals surface area contributed by atoms with Crippen LogP contribution in [0.25, 0.3) is 21.5 Å². The van der Waals surface area contributed by atoms with Gasteiger partial charge in [0.05, 0.1) is 12.0 Å². The molecule has 0 fully saturated rings. The molecule has 0 unspecified atom stereocenters. The van der Waals surface area contributed by atoms with Crippen molar-refractivity contribution in [1.82, 2.24) is 5.32 Å². The molecule has 1 aliphatic carbocycles. The van der Waals surface area contributed by atoms with Crippen molar-refractivity contribution in [2.24, 2.45) is 0 Å². The van der Waals surface area contributed by atoms with Gasteiger partial charge in [0.2, 0.25) is 11.6 Å². The van der Waals surface area contributed by atoms with Crippen molar-refractivity contribution in [3.63, 3.8) is 0 Å². The molecule has 4 nitrogen and oxygen atoms in total. The number of nitrogens with one attached hydrogen (secondary N) is 1. The van der Waals surface area contributed by atoms with Crippen LogP contribution in [-0.2, 0) is 15.6 Å². The molecule has 0 atom stereocenters. The van der Waals surface area contributed by atoms with Gasteiger partial charge in [-0.2, -0.15) is 4.58 Å². The van der Waals surface area contributed by atoms with Gasteiger partial charge in [0, 0.05) is 47.5 Å². The van der Waals surface area contributed by atoms with E-state index in [0.29, 0.717) is 13.0 Å². The summed E-state index contributed by atoms with van der Waals surface area (Å²) in [4.78, 5) is 14.6. The fourth-order valence-electron chi connectivity index (χ4n) is 8.95. The zero-order valence-electron chi connectivity index (χ0n) is 31.9. The molecule has 1 N–H and O–H groups in total. The van der Waals surface area contributed by atoms with Crippen LogP contribution in [-0.4, -0.2) is 36.3 Å². The zero-order chi connectivity index (χ0) is 36.5. The highest BCUT2D eigenvalue weighted by molar-refractivity contribution is 6.07. The van der Waals surface area contributed by atoms with Crippen molar-refractivity contribution < 1.29 is 21.8 Å². The third-order valence-corrected chi connectivity index (χ3v) is 11.5. The number of carbonyl (C=O) groups excluding carboxylic acids is 1. The normalized spacial score (nSPS) is 18.7. The van der Waals surface area contributed by atoms with Crippen LogP contribution >= 0.6 is 0 Å². The van der Waals surface area contributed by atoms with Crippen LogP contribution in [0.15, 0.2) is 120 Å². The highest BCUT2D eigenvalue weighted by Gasteiger charge is 2.44. The SMILES string of the molecule is C#CCNC(=O)CCCCCN1/C(=C\C=C2C=C(/C=C/C3=[N+](C)c4ccc5ccccc5c4C3(C)C)CCC/2)C(C)(C)c2c1ccc1ccccc21.[Cl-]. The minimum atomic E-state index is -0.155. The lowest BCUT2D eigenvalue weighted by Gasteiger charge is -2.27. The molecule has 53 heavy (non-hydrogen) atoms. The van der Waals surface area contributed by atoms with Gasteiger partial charge in [-0.15, -0.1) is 6.42 Å². The number of unbranched alkanes of at least 4 members (excludes halogenated alkanes) is 2. The molecule has 1 amide bonds. The molecule has 2 heterocycles. The van der Waals surface area contributed by atoms with Crippen LogP contribution in [0.3, 0.4) is 0 Å². The first-order valence-corrected chi connectivity index (χ1v) is 19.0. The summed E-state index contributed by atoms with van der Waals surface area (Å²) in [7, 11) is 2.21. The lowest BCUT2D eigenvalue weighted by molar-refractivity contribution is -0.401. The van der Waals surface area contributed by atoms with Gasteiger partial charge in [0.25, 0.3) is 0 Å². The number of hydrogen-bond donors (Lipinski definition) is 1. The highest BCUT2D eigenvalue weighted by Crippen LogP contribution is 2.51. The molecule has 0 spiro atoms. The molecule has 4 aromatic carbocycles. The van der Waals surface area contributed by atoms with Crippen molar-refractivity contribution in [2.75, 3.05) is 25.0 Å². The molecule has 0 radical (unpaired) electrons. The number of benzene rings is 4. The number of hydrogen-bond acceptors (Lipinski definition) is 2. The van der Waals surface area contributed by atoms with Gasteiger partial charge in [0.1, 0.15) is 7.05 Å². The van der Waals surface area contributed by atoms with Gasteiger partial charge in [-0.25, -0.2) is 0 Å². The fraction of sp³-hybridized carbons (Fsp3) is 0.333. The van der Waals surface area contributed by atoms with Crippen LogP contribution < -0.4 is 22.6 Å². The maximum absolute atomic E-state index is 12.1. The maximum Gasteiger partial charge on any atom is 0.220 e. The molecule has 0 bridgehead atoms. The van der Waals surface area contributed by atoms with E-state index in [1.165, 1.54) is 66.6 Å². The zero-order valence-corrected chi connectivity index (χ0v) is 32.7. The number of rotatable bonds is 10. The molecule has 0 saturated heterocycles. The maximum atomic E-state index is 12.1. The third kappa shape index (κ3) is 7.25. The smallest absolute Gasteiger partial charge is 0.220 e. The average molecular weight is 722 g/mol. The van der Waals surface area contributed by atoms with E-state index in [1.54, 1.807) is 0 Å². The quantitative estimate of drug-likeness (QED) is 0.104. The van der Waals surface area contributed by atoms with Gasteiger partial charge in [-0.1, -0.05) is 99.0 Å². The average Bonchev–Trinajstić information content (AvgIpc) is 3.49. The summed E-state index contributed by atoms with van der Waals surface area (Å²) in [5.74, 6) is 2.52. The topological polar surface area (TPSA) is 35.4 Å². The molecule has 5 heteroatoms. The predicted molar refractivity (Wildman–Crippen MR) is 220 cm³/mol. The van der Waals surface area contributed by atoms with Crippen molar-refractivity contribution in [3.05, 3.63) is 131 Å². The highest BCUT2D eigenvalue weighted by atomic mass is 35.5. The molecular formula is C48H52ClN3O. The molecule has 3 aliphatic rings. The summed E-state index contributed by atoms with van der Waals surface area (Å²) in [6.07, 6.45) is 23.9. The number of carbonyl (C=O) groups is 1. The van der Waals surface area contributed by atoms with E-state index >= 15 is 0 Å². The largest absolute Gasteiger partial charge is 1.00 e. The van der Waals surface area contributed by atoms with Gasteiger partial charge >= 0.3 is 0 Å². The number of anilines is 1. The monoisotopic (exact) mass is 721 g/mol. The van der Waals surface area contributed by atoms with Gasteiger partial charge < -0.3 is 22.6 Å². The van der Waals surface area contributed by atoms with Gasteiger partial charge in [-0.05, 0) is 102 Å². The van der Waals surface area contributed by atoms with Crippen LogP contribution in [0.2, 0.25) is 0 Å². The van der Waals surface area contributed by atoms with Crippen LogP contribution in [0.1, 0.15) is 83.8 Å². The Morgan fingerprint density at radius 2 is 1.55 bits per heavy atom. The van der Waals surface area contributed by atoms with E-state index in [-0.39, 0.29) is 29.1 Å². The van der Waals surface area contributed by atoms with Crippen molar-refractivity contribution in [2.45, 2.75) is 83.5 Å². The molecule has 0 aromatic heterocycles. The summed E-state index contributed by atoms with van der Waals surface area (Å²) in [6.45, 7) is 10.7. The van der Waals surface area contributed by atoms with E-state index < -0.39 is 0 Å². The molecule has 0 saturated carbocycles. The number of nitrogens with zero attached hydrogens (tertiary/aromatic N) is 2. The van der Waals surface area contributed by atoms with Crippen LogP contribution in [0, 0.1) is 12.3 Å². The summed E-state index contributed by atoms with van der Waals surface area (Å²) in [6, 6.07) is 26.6. The fourth-order valence-corrected chi connectivity index (χ4v) is 8.95. The number of halogens is 1. The number of terminal acetylenes is 1. The minimum absolute atomic E-state index is 0. The summed E-state index contributed by atoms with van der Waals surface area (Å²) in [5, 5.41) is 8.04. The Morgan fingerprint density at radius 3 is 2.28 bits per heavy atom. The second-order valence-corrected chi connectivity index (χ2v) is 15.7. The third-order valence-electron chi connectivity index (χ3n) is 11.5. The molecule has 2 aliphatic heterocycles. The second kappa shape index (κ2) is 15.6. The van der Waals surface area contributed by atoms with Crippen LogP contribution in [0.4, 0.5) is 11.4 Å².